The smallest absolute Gasteiger partial charge is 0.240 e. The minimum absolute atomic E-state index is 0.203. The molecule has 0 aromatic carbocycles. The van der Waals surface area contributed by atoms with Crippen LogP contribution in [0.2, 0.25) is 0 Å². The molecule has 0 radical (unpaired) electrons. The largest absolute Gasteiger partial charge is 0.390 e. The predicted molar refractivity (Wildman–Crippen MR) is 56.7 cm³/mol. The summed E-state index contributed by atoms with van der Waals surface area (Å²) in [5, 5.41) is 13.5. The number of nitrogen functional groups attached to an aromatic ring is 1. The number of likely N-dealkylation sites (N-methyl/N-ethyl adjacent to an activating group) is 1. The summed E-state index contributed by atoms with van der Waals surface area (Å²) in [6.45, 7) is 0.954. The average Bonchev–Trinajstić information content (AvgIpc) is 2.28. The SMILES string of the molecule is CN(C)CC(O)Cn1nc(N)nc1Br. The van der Waals surface area contributed by atoms with E-state index in [1.54, 1.807) is 0 Å². The van der Waals surface area contributed by atoms with E-state index in [0.29, 0.717) is 17.8 Å². The van der Waals surface area contributed by atoms with Gasteiger partial charge in [0.1, 0.15) is 0 Å². The van der Waals surface area contributed by atoms with Crippen molar-refractivity contribution in [3.8, 4) is 0 Å². The molecule has 0 spiro atoms. The van der Waals surface area contributed by atoms with E-state index in [1.807, 2.05) is 19.0 Å². The molecule has 7 heteroatoms. The Labute approximate surface area is 90.8 Å². The number of halogens is 1. The van der Waals surface area contributed by atoms with E-state index in [4.69, 9.17) is 5.73 Å². The van der Waals surface area contributed by atoms with E-state index in [1.165, 1.54) is 4.68 Å². The van der Waals surface area contributed by atoms with Crippen molar-refractivity contribution in [2.75, 3.05) is 26.4 Å². The van der Waals surface area contributed by atoms with Gasteiger partial charge in [0.15, 0.2) is 4.73 Å². The summed E-state index contributed by atoms with van der Waals surface area (Å²) in [7, 11) is 3.79. The van der Waals surface area contributed by atoms with E-state index in [0.717, 1.165) is 0 Å². The molecule has 6 nitrogen and oxygen atoms in total. The third-order valence-corrected chi connectivity index (χ3v) is 2.19. The Kier molecular flexibility index (Phi) is 3.85. The fourth-order valence-corrected chi connectivity index (χ4v) is 1.54. The monoisotopic (exact) mass is 263 g/mol. The third kappa shape index (κ3) is 3.24. The Hall–Kier alpha value is -0.660. The summed E-state index contributed by atoms with van der Waals surface area (Å²) in [4.78, 5) is 5.77. The van der Waals surface area contributed by atoms with Crippen LogP contribution in [0.1, 0.15) is 0 Å². The van der Waals surface area contributed by atoms with Crippen molar-refractivity contribution in [3.05, 3.63) is 4.73 Å². The van der Waals surface area contributed by atoms with Crippen LogP contribution in [-0.4, -0.2) is 51.5 Å². The van der Waals surface area contributed by atoms with Crippen LogP contribution in [0.3, 0.4) is 0 Å². The van der Waals surface area contributed by atoms with Crippen LogP contribution < -0.4 is 5.73 Å². The van der Waals surface area contributed by atoms with Crippen LogP contribution in [0.4, 0.5) is 5.95 Å². The first-order valence-electron chi connectivity index (χ1n) is 4.17. The summed E-state index contributed by atoms with van der Waals surface area (Å²) in [6, 6.07) is 0. The highest BCUT2D eigenvalue weighted by Crippen LogP contribution is 2.08. The Balaban J connectivity index is 2.55. The van der Waals surface area contributed by atoms with Crippen molar-refractivity contribution in [2.45, 2.75) is 12.6 Å². The lowest BCUT2D eigenvalue weighted by molar-refractivity contribution is 0.115. The number of aromatic nitrogens is 3. The molecule has 0 aliphatic heterocycles. The number of hydrogen-bond acceptors (Lipinski definition) is 5. The number of nitrogens with two attached hydrogens (primary N) is 1. The van der Waals surface area contributed by atoms with Crippen molar-refractivity contribution >= 4 is 21.9 Å². The highest BCUT2D eigenvalue weighted by atomic mass is 79.9. The van der Waals surface area contributed by atoms with Gasteiger partial charge in [-0.15, -0.1) is 5.10 Å². The van der Waals surface area contributed by atoms with Crippen molar-refractivity contribution < 1.29 is 5.11 Å². The molecule has 0 saturated heterocycles. The van der Waals surface area contributed by atoms with Gasteiger partial charge in [-0.05, 0) is 30.0 Å². The Bertz CT molecular complexity index is 300. The molecule has 0 amide bonds. The lowest BCUT2D eigenvalue weighted by Crippen LogP contribution is -2.29. The zero-order chi connectivity index (χ0) is 10.7. The molecule has 0 aliphatic rings. The molecule has 0 fully saturated rings. The van der Waals surface area contributed by atoms with Gasteiger partial charge in [-0.3, -0.25) is 0 Å². The minimum Gasteiger partial charge on any atom is -0.390 e. The van der Waals surface area contributed by atoms with Crippen LogP contribution in [-0.2, 0) is 6.54 Å². The molecule has 0 aliphatic carbocycles. The molecule has 1 aromatic heterocycles. The molecule has 0 saturated carbocycles. The zero-order valence-electron chi connectivity index (χ0n) is 8.18. The second-order valence-electron chi connectivity index (χ2n) is 3.34. The molecule has 1 unspecified atom stereocenters. The molecular formula is C7H14BrN5O. The quantitative estimate of drug-likeness (QED) is 0.769. The molecular weight excluding hydrogens is 250 g/mol. The summed E-state index contributed by atoms with van der Waals surface area (Å²) in [5.41, 5.74) is 5.39. The van der Waals surface area contributed by atoms with Gasteiger partial charge >= 0.3 is 0 Å². The van der Waals surface area contributed by atoms with Crippen LogP contribution in [0, 0.1) is 0 Å². The third-order valence-electron chi connectivity index (χ3n) is 1.60. The van der Waals surface area contributed by atoms with E-state index in [-0.39, 0.29) is 5.95 Å². The highest BCUT2D eigenvalue weighted by Gasteiger charge is 2.11. The minimum atomic E-state index is -0.484. The van der Waals surface area contributed by atoms with Crippen LogP contribution >= 0.6 is 15.9 Å². The first-order valence-corrected chi connectivity index (χ1v) is 4.97. The molecule has 80 valence electrons. The number of anilines is 1. The predicted octanol–water partition coefficient (Wildman–Crippen LogP) is -0.455. The lowest BCUT2D eigenvalue weighted by atomic mass is 10.3. The Morgan fingerprint density at radius 3 is 2.71 bits per heavy atom. The van der Waals surface area contributed by atoms with E-state index in [9.17, 15) is 5.11 Å². The van der Waals surface area contributed by atoms with Crippen LogP contribution in [0.15, 0.2) is 4.73 Å². The van der Waals surface area contributed by atoms with E-state index < -0.39 is 6.10 Å². The zero-order valence-corrected chi connectivity index (χ0v) is 9.77. The fraction of sp³-hybridized carbons (Fsp3) is 0.714. The summed E-state index contributed by atoms with van der Waals surface area (Å²) < 4.78 is 2.07. The second kappa shape index (κ2) is 4.72. The average molecular weight is 264 g/mol. The van der Waals surface area contributed by atoms with Gasteiger partial charge in [0, 0.05) is 6.54 Å². The van der Waals surface area contributed by atoms with E-state index >= 15 is 0 Å². The first-order chi connectivity index (χ1) is 6.49. The van der Waals surface area contributed by atoms with Gasteiger partial charge in [-0.2, -0.15) is 4.98 Å². The first kappa shape index (κ1) is 11.4. The maximum atomic E-state index is 9.61. The van der Waals surface area contributed by atoms with Gasteiger partial charge in [-0.1, -0.05) is 0 Å². The Morgan fingerprint density at radius 1 is 1.64 bits per heavy atom. The van der Waals surface area contributed by atoms with Gasteiger partial charge in [0.05, 0.1) is 12.6 Å². The van der Waals surface area contributed by atoms with Gasteiger partial charge in [-0.25, -0.2) is 4.68 Å². The van der Waals surface area contributed by atoms with Crippen molar-refractivity contribution in [1.82, 2.24) is 19.7 Å². The molecule has 1 rings (SSSR count). The Morgan fingerprint density at radius 2 is 2.29 bits per heavy atom. The van der Waals surface area contributed by atoms with Crippen molar-refractivity contribution in [3.63, 3.8) is 0 Å². The maximum absolute atomic E-state index is 9.61. The normalized spacial score (nSPS) is 13.5. The summed E-state index contributed by atoms with van der Waals surface area (Å²) >= 11 is 3.20. The van der Waals surface area contributed by atoms with Gasteiger partial charge in [0.2, 0.25) is 5.95 Å². The number of aliphatic hydroxyl groups is 1. The number of nitrogens with zero attached hydrogens (tertiary/aromatic N) is 4. The topological polar surface area (TPSA) is 80.2 Å². The standard InChI is InChI=1S/C7H14BrN5O/c1-12(2)3-5(14)4-13-6(8)10-7(9)11-13/h5,14H,3-4H2,1-2H3,(H2,9,11). The molecule has 1 heterocycles. The van der Waals surface area contributed by atoms with E-state index in [2.05, 4.69) is 26.0 Å². The number of aliphatic hydroxyl groups excluding tert-OH is 1. The van der Waals surface area contributed by atoms with Gasteiger partial charge in [0.25, 0.3) is 0 Å². The van der Waals surface area contributed by atoms with Gasteiger partial charge < -0.3 is 15.7 Å². The van der Waals surface area contributed by atoms with Crippen LogP contribution in [0.25, 0.3) is 0 Å². The second-order valence-corrected chi connectivity index (χ2v) is 4.05. The number of rotatable bonds is 4. The molecule has 3 N–H and O–H groups in total. The van der Waals surface area contributed by atoms with Crippen molar-refractivity contribution in [2.24, 2.45) is 0 Å². The molecule has 1 aromatic rings. The molecule has 0 bridgehead atoms. The fourth-order valence-electron chi connectivity index (χ4n) is 1.13. The lowest BCUT2D eigenvalue weighted by Gasteiger charge is -2.15. The molecule has 1 atom stereocenters. The highest BCUT2D eigenvalue weighted by molar-refractivity contribution is 9.10. The van der Waals surface area contributed by atoms with Crippen LogP contribution in [0.5, 0.6) is 0 Å². The number of hydrogen-bond donors (Lipinski definition) is 2. The molecule has 14 heavy (non-hydrogen) atoms. The summed E-state index contributed by atoms with van der Waals surface area (Å²) in [6.07, 6.45) is -0.484. The maximum Gasteiger partial charge on any atom is 0.240 e. The van der Waals surface area contributed by atoms with Crippen molar-refractivity contribution in [1.29, 1.82) is 0 Å². The summed E-state index contributed by atoms with van der Waals surface area (Å²) in [5.74, 6) is 0.203.